The summed E-state index contributed by atoms with van der Waals surface area (Å²) in [6.07, 6.45) is 0. The molecule has 3 N–H and O–H groups in total. The van der Waals surface area contributed by atoms with Crippen LogP contribution in [0.25, 0.3) is 0 Å². The zero-order valence-electron chi connectivity index (χ0n) is 19.6. The maximum absolute atomic E-state index is 12.7. The number of sulfonamides is 1. The lowest BCUT2D eigenvalue weighted by Crippen LogP contribution is -2.40. The molecule has 0 fully saturated rings. The molecule has 0 saturated carbocycles. The van der Waals surface area contributed by atoms with E-state index >= 15 is 0 Å². The Morgan fingerprint density at radius 3 is 2.03 bits per heavy atom. The molecule has 0 aromatic heterocycles. The van der Waals surface area contributed by atoms with Crippen LogP contribution in [-0.2, 0) is 10.0 Å². The number of rotatable bonds is 7. The van der Waals surface area contributed by atoms with Crippen LogP contribution >= 0.6 is 0 Å². The number of anilines is 1. The maximum atomic E-state index is 12.7. The van der Waals surface area contributed by atoms with E-state index in [1.165, 1.54) is 24.3 Å². The molecule has 2 amide bonds. The van der Waals surface area contributed by atoms with Crippen molar-refractivity contribution in [2.45, 2.75) is 44.2 Å². The molecule has 3 rings (SSSR count). The molecule has 0 aliphatic rings. The number of hydrogen-bond donors (Lipinski definition) is 3. The van der Waals surface area contributed by atoms with E-state index in [0.717, 1.165) is 5.56 Å². The fourth-order valence-corrected chi connectivity index (χ4v) is 4.71. The third-order valence-electron chi connectivity index (χ3n) is 4.90. The zero-order valence-corrected chi connectivity index (χ0v) is 20.4. The normalized spacial score (nSPS) is 12.6. The monoisotopic (exact) mass is 479 g/mol. The van der Waals surface area contributed by atoms with Gasteiger partial charge in [-0.3, -0.25) is 9.59 Å². The van der Waals surface area contributed by atoms with Crippen molar-refractivity contribution in [3.05, 3.63) is 95.6 Å². The Morgan fingerprint density at radius 2 is 1.41 bits per heavy atom. The van der Waals surface area contributed by atoms with Crippen molar-refractivity contribution in [2.24, 2.45) is 0 Å². The van der Waals surface area contributed by atoms with Gasteiger partial charge in [-0.05, 0) is 81.8 Å². The summed E-state index contributed by atoms with van der Waals surface area (Å²) >= 11 is 0. The Labute approximate surface area is 200 Å². The smallest absolute Gasteiger partial charge is 0.255 e. The molecule has 1 unspecified atom stereocenters. The largest absolute Gasteiger partial charge is 0.346 e. The van der Waals surface area contributed by atoms with Crippen molar-refractivity contribution in [1.82, 2.24) is 10.0 Å². The first-order valence-electron chi connectivity index (χ1n) is 10.9. The summed E-state index contributed by atoms with van der Waals surface area (Å²) in [7, 11) is -3.68. The van der Waals surface area contributed by atoms with Gasteiger partial charge in [0.05, 0.1) is 10.9 Å². The summed E-state index contributed by atoms with van der Waals surface area (Å²) in [6.45, 7) is 7.11. The Balaban J connectivity index is 1.66. The quantitative estimate of drug-likeness (QED) is 0.464. The lowest BCUT2D eigenvalue weighted by Gasteiger charge is -2.20. The molecule has 0 aliphatic heterocycles. The highest BCUT2D eigenvalue weighted by atomic mass is 32.2. The van der Waals surface area contributed by atoms with Gasteiger partial charge >= 0.3 is 0 Å². The molecular weight excluding hydrogens is 450 g/mol. The first-order chi connectivity index (χ1) is 15.9. The van der Waals surface area contributed by atoms with E-state index in [9.17, 15) is 18.0 Å². The number of nitrogens with one attached hydrogen (secondary N) is 3. The molecule has 1 atom stereocenters. The molecule has 3 aromatic carbocycles. The topological polar surface area (TPSA) is 104 Å². The van der Waals surface area contributed by atoms with Gasteiger partial charge < -0.3 is 10.6 Å². The van der Waals surface area contributed by atoms with Gasteiger partial charge in [0.25, 0.3) is 11.8 Å². The Kier molecular flexibility index (Phi) is 7.54. The van der Waals surface area contributed by atoms with E-state index in [2.05, 4.69) is 15.4 Å². The lowest BCUT2D eigenvalue weighted by molar-refractivity contribution is 0.0938. The minimum absolute atomic E-state index is 0.0916. The summed E-state index contributed by atoms with van der Waals surface area (Å²) < 4.78 is 27.5. The van der Waals surface area contributed by atoms with Gasteiger partial charge in [-0.15, -0.1) is 0 Å². The van der Waals surface area contributed by atoms with Crippen LogP contribution in [-0.4, -0.2) is 25.8 Å². The van der Waals surface area contributed by atoms with Crippen molar-refractivity contribution < 1.29 is 18.0 Å². The van der Waals surface area contributed by atoms with Crippen molar-refractivity contribution >= 4 is 27.5 Å². The minimum atomic E-state index is -3.68. The fourth-order valence-electron chi connectivity index (χ4n) is 3.29. The average Bonchev–Trinajstić information content (AvgIpc) is 2.78. The van der Waals surface area contributed by atoms with Crippen LogP contribution in [0, 0.1) is 0 Å². The molecule has 34 heavy (non-hydrogen) atoms. The second-order valence-corrected chi connectivity index (χ2v) is 10.7. The summed E-state index contributed by atoms with van der Waals surface area (Å²) in [4.78, 5) is 25.2. The summed E-state index contributed by atoms with van der Waals surface area (Å²) in [5.74, 6) is -0.551. The van der Waals surface area contributed by atoms with Gasteiger partial charge in [-0.25, -0.2) is 13.1 Å². The predicted molar refractivity (Wildman–Crippen MR) is 133 cm³/mol. The maximum Gasteiger partial charge on any atom is 0.255 e. The summed E-state index contributed by atoms with van der Waals surface area (Å²) in [6, 6.07) is 21.6. The first-order valence-corrected chi connectivity index (χ1v) is 12.3. The van der Waals surface area contributed by atoms with Gasteiger partial charge in [0.2, 0.25) is 10.0 Å². The third-order valence-corrected chi connectivity index (χ3v) is 6.67. The fraction of sp³-hybridized carbons (Fsp3) is 0.231. The van der Waals surface area contributed by atoms with E-state index < -0.39 is 15.6 Å². The van der Waals surface area contributed by atoms with E-state index in [-0.39, 0.29) is 22.8 Å². The van der Waals surface area contributed by atoms with Gasteiger partial charge in [0, 0.05) is 22.4 Å². The van der Waals surface area contributed by atoms with Crippen molar-refractivity contribution in [3.63, 3.8) is 0 Å². The van der Waals surface area contributed by atoms with E-state index in [1.54, 1.807) is 63.2 Å². The van der Waals surface area contributed by atoms with E-state index in [4.69, 9.17) is 0 Å². The lowest BCUT2D eigenvalue weighted by atomic mass is 10.1. The Morgan fingerprint density at radius 1 is 0.794 bits per heavy atom. The number of hydrogen-bond acceptors (Lipinski definition) is 4. The summed E-state index contributed by atoms with van der Waals surface area (Å²) in [5, 5.41) is 5.76. The van der Waals surface area contributed by atoms with Crippen LogP contribution in [0.15, 0.2) is 83.8 Å². The number of carbonyl (C=O) groups is 2. The third kappa shape index (κ3) is 6.76. The highest BCUT2D eigenvalue weighted by Gasteiger charge is 2.22. The van der Waals surface area contributed by atoms with Gasteiger partial charge in [-0.1, -0.05) is 30.3 Å². The summed E-state index contributed by atoms with van der Waals surface area (Å²) in [5.41, 5.74) is 1.72. The number of amides is 2. The van der Waals surface area contributed by atoms with Crippen molar-refractivity contribution in [3.8, 4) is 0 Å². The van der Waals surface area contributed by atoms with Crippen LogP contribution in [0.1, 0.15) is 60.0 Å². The average molecular weight is 480 g/mol. The SMILES string of the molecule is CC(NC(=O)c1ccc(S(=O)(=O)NC(C)(C)C)cc1)c1cccc(NC(=O)c2ccccc2)c1. The molecule has 0 bridgehead atoms. The molecule has 0 spiro atoms. The first kappa shape index (κ1) is 25.1. The van der Waals surface area contributed by atoms with E-state index in [0.29, 0.717) is 16.8 Å². The highest BCUT2D eigenvalue weighted by Crippen LogP contribution is 2.19. The minimum Gasteiger partial charge on any atom is -0.346 e. The van der Waals surface area contributed by atoms with Crippen molar-refractivity contribution in [1.29, 1.82) is 0 Å². The number of carbonyl (C=O) groups excluding carboxylic acids is 2. The van der Waals surface area contributed by atoms with Crippen LogP contribution in [0.3, 0.4) is 0 Å². The molecular formula is C26H29N3O4S. The molecule has 0 saturated heterocycles. The Bertz CT molecular complexity index is 1270. The molecule has 0 aliphatic carbocycles. The molecule has 0 heterocycles. The second-order valence-electron chi connectivity index (χ2n) is 9.02. The molecule has 3 aromatic rings. The van der Waals surface area contributed by atoms with Gasteiger partial charge in [-0.2, -0.15) is 0 Å². The Hall–Kier alpha value is -3.49. The number of benzene rings is 3. The zero-order chi connectivity index (χ0) is 24.9. The molecule has 8 heteroatoms. The van der Waals surface area contributed by atoms with E-state index in [1.807, 2.05) is 19.1 Å². The second kappa shape index (κ2) is 10.2. The van der Waals surface area contributed by atoms with Gasteiger partial charge in [0.15, 0.2) is 0 Å². The molecule has 178 valence electrons. The standard InChI is InChI=1S/C26H29N3O4S/c1-18(21-11-8-12-22(17-21)28-25(31)19-9-6-5-7-10-19)27-24(30)20-13-15-23(16-14-20)34(32,33)29-26(2,3)4/h5-18,29H,1-4H3,(H,27,30)(H,28,31). The van der Waals surface area contributed by atoms with Crippen LogP contribution in [0.2, 0.25) is 0 Å². The van der Waals surface area contributed by atoms with Crippen molar-refractivity contribution in [2.75, 3.05) is 5.32 Å². The predicted octanol–water partition coefficient (Wildman–Crippen LogP) is 4.51. The highest BCUT2D eigenvalue weighted by molar-refractivity contribution is 7.89. The molecule has 7 nitrogen and oxygen atoms in total. The molecule has 0 radical (unpaired) electrons. The van der Waals surface area contributed by atoms with Crippen LogP contribution in [0.5, 0.6) is 0 Å². The van der Waals surface area contributed by atoms with Crippen LogP contribution in [0.4, 0.5) is 5.69 Å². The van der Waals surface area contributed by atoms with Crippen LogP contribution < -0.4 is 15.4 Å². The van der Waals surface area contributed by atoms with Gasteiger partial charge in [0.1, 0.15) is 0 Å².